The summed E-state index contributed by atoms with van der Waals surface area (Å²) in [6, 6.07) is 0. The first-order valence-corrected chi connectivity index (χ1v) is 9.27. The van der Waals surface area contributed by atoms with Crippen LogP contribution in [0.3, 0.4) is 0 Å². The number of thioether (sulfide) groups is 2. The maximum atomic E-state index is 4.89. The fourth-order valence-corrected chi connectivity index (χ4v) is 4.92. The Morgan fingerprint density at radius 1 is 1.22 bits per heavy atom. The fourth-order valence-electron chi connectivity index (χ4n) is 2.71. The van der Waals surface area contributed by atoms with Crippen LogP contribution in [-0.4, -0.2) is 34.0 Å². The zero-order chi connectivity index (χ0) is 13.1. The fraction of sp³-hybridized carbons (Fsp3) is 0.929. The van der Waals surface area contributed by atoms with Crippen LogP contribution in [0.4, 0.5) is 0 Å². The number of hydrogen-bond donors (Lipinski definition) is 1. The highest BCUT2D eigenvalue weighted by Crippen LogP contribution is 2.39. The number of nitrogens with zero attached hydrogens (tertiary/aromatic N) is 1. The third kappa shape index (κ3) is 3.83. The standard InChI is InChI=1S/C14H26N2S2/c1-13(2)9-10-18-12(16-13)15-11-14(17-3)7-5-4-6-8-14/h4-11H2,1-3H3,(H,15,16). The summed E-state index contributed by atoms with van der Waals surface area (Å²) >= 11 is 3.93. The average molecular weight is 287 g/mol. The summed E-state index contributed by atoms with van der Waals surface area (Å²) in [6.45, 7) is 5.54. The van der Waals surface area contributed by atoms with Gasteiger partial charge in [0, 0.05) is 16.0 Å². The Hall–Kier alpha value is 0.170. The minimum absolute atomic E-state index is 0.225. The van der Waals surface area contributed by atoms with Crippen molar-refractivity contribution in [3.8, 4) is 0 Å². The predicted molar refractivity (Wildman–Crippen MR) is 85.9 cm³/mol. The molecular weight excluding hydrogens is 260 g/mol. The second kappa shape index (κ2) is 6.08. The van der Waals surface area contributed by atoms with Gasteiger partial charge in [-0.3, -0.25) is 4.99 Å². The second-order valence-electron chi connectivity index (χ2n) is 6.18. The predicted octanol–water partition coefficient (Wildman–Crippen LogP) is 3.91. The Labute approximate surface area is 120 Å². The molecule has 1 saturated carbocycles. The van der Waals surface area contributed by atoms with Gasteiger partial charge in [0.25, 0.3) is 0 Å². The van der Waals surface area contributed by atoms with Crippen LogP contribution in [0.1, 0.15) is 52.4 Å². The minimum atomic E-state index is 0.225. The largest absolute Gasteiger partial charge is 0.360 e. The van der Waals surface area contributed by atoms with E-state index in [1.165, 1.54) is 49.4 Å². The molecule has 0 aromatic rings. The number of nitrogens with one attached hydrogen (secondary N) is 1. The van der Waals surface area contributed by atoms with Crippen LogP contribution in [0, 0.1) is 0 Å². The van der Waals surface area contributed by atoms with Crippen molar-refractivity contribution in [3.05, 3.63) is 0 Å². The van der Waals surface area contributed by atoms with Gasteiger partial charge in [0.05, 0.1) is 6.54 Å². The lowest BCUT2D eigenvalue weighted by Crippen LogP contribution is -2.46. The lowest BCUT2D eigenvalue weighted by atomic mass is 9.88. The van der Waals surface area contributed by atoms with Crippen LogP contribution in [0.15, 0.2) is 4.99 Å². The normalized spacial score (nSPS) is 28.9. The molecule has 2 fully saturated rings. The van der Waals surface area contributed by atoms with Crippen molar-refractivity contribution < 1.29 is 0 Å². The van der Waals surface area contributed by atoms with Gasteiger partial charge in [-0.05, 0) is 39.4 Å². The van der Waals surface area contributed by atoms with E-state index in [0.717, 1.165) is 6.54 Å². The first kappa shape index (κ1) is 14.6. The van der Waals surface area contributed by atoms with E-state index < -0.39 is 0 Å². The third-order valence-electron chi connectivity index (χ3n) is 4.12. The Morgan fingerprint density at radius 3 is 2.56 bits per heavy atom. The maximum Gasteiger partial charge on any atom is 0.157 e. The van der Waals surface area contributed by atoms with Crippen molar-refractivity contribution in [2.45, 2.75) is 62.7 Å². The summed E-state index contributed by atoms with van der Waals surface area (Å²) in [6.07, 6.45) is 10.4. The van der Waals surface area contributed by atoms with Gasteiger partial charge in [-0.25, -0.2) is 0 Å². The zero-order valence-electron chi connectivity index (χ0n) is 11.9. The lowest BCUT2D eigenvalue weighted by Gasteiger charge is -2.36. The molecule has 0 unspecified atom stereocenters. The van der Waals surface area contributed by atoms with Gasteiger partial charge in [0.1, 0.15) is 0 Å². The van der Waals surface area contributed by atoms with Crippen molar-refractivity contribution in [3.63, 3.8) is 0 Å². The van der Waals surface area contributed by atoms with Crippen LogP contribution in [0.25, 0.3) is 0 Å². The molecule has 0 atom stereocenters. The molecular formula is C14H26N2S2. The van der Waals surface area contributed by atoms with Crippen LogP contribution < -0.4 is 5.32 Å². The molecule has 1 aliphatic heterocycles. The third-order valence-corrected chi connectivity index (χ3v) is 6.44. The molecule has 4 heteroatoms. The topological polar surface area (TPSA) is 24.4 Å². The molecule has 2 nitrogen and oxygen atoms in total. The summed E-state index contributed by atoms with van der Waals surface area (Å²) in [7, 11) is 0. The van der Waals surface area contributed by atoms with Crippen LogP contribution in [-0.2, 0) is 0 Å². The van der Waals surface area contributed by atoms with Crippen molar-refractivity contribution in [2.24, 2.45) is 4.99 Å². The monoisotopic (exact) mass is 286 g/mol. The van der Waals surface area contributed by atoms with Gasteiger partial charge < -0.3 is 5.32 Å². The van der Waals surface area contributed by atoms with Gasteiger partial charge in [-0.2, -0.15) is 11.8 Å². The lowest BCUT2D eigenvalue weighted by molar-refractivity contribution is 0.403. The van der Waals surface area contributed by atoms with E-state index in [0.29, 0.717) is 4.75 Å². The smallest absolute Gasteiger partial charge is 0.157 e. The van der Waals surface area contributed by atoms with E-state index in [-0.39, 0.29) is 5.54 Å². The van der Waals surface area contributed by atoms with Gasteiger partial charge >= 0.3 is 0 Å². The molecule has 1 saturated heterocycles. The molecule has 0 aromatic carbocycles. The van der Waals surface area contributed by atoms with Gasteiger partial charge in [-0.1, -0.05) is 31.0 Å². The van der Waals surface area contributed by atoms with Crippen molar-refractivity contribution >= 4 is 28.7 Å². The summed E-state index contributed by atoms with van der Waals surface area (Å²) in [5.74, 6) is 1.20. The van der Waals surface area contributed by atoms with Crippen molar-refractivity contribution in [1.82, 2.24) is 5.32 Å². The second-order valence-corrected chi connectivity index (χ2v) is 8.53. The summed E-state index contributed by atoms with van der Waals surface area (Å²) < 4.78 is 0.426. The van der Waals surface area contributed by atoms with Crippen LogP contribution in [0.5, 0.6) is 0 Å². The number of amidine groups is 1. The van der Waals surface area contributed by atoms with Gasteiger partial charge in [-0.15, -0.1) is 0 Å². The van der Waals surface area contributed by atoms with Gasteiger partial charge in [0.15, 0.2) is 5.17 Å². The van der Waals surface area contributed by atoms with Crippen LogP contribution in [0.2, 0.25) is 0 Å². The number of rotatable bonds is 3. The highest BCUT2D eigenvalue weighted by atomic mass is 32.2. The Morgan fingerprint density at radius 2 is 1.94 bits per heavy atom. The molecule has 0 aromatic heterocycles. The van der Waals surface area contributed by atoms with Crippen molar-refractivity contribution in [1.29, 1.82) is 0 Å². The molecule has 0 amide bonds. The average Bonchev–Trinajstić information content (AvgIpc) is 2.36. The molecule has 104 valence electrons. The van der Waals surface area contributed by atoms with E-state index >= 15 is 0 Å². The number of hydrogen-bond acceptors (Lipinski definition) is 3. The van der Waals surface area contributed by atoms with E-state index in [1.54, 1.807) is 0 Å². The Bertz CT molecular complexity index is 307. The maximum absolute atomic E-state index is 4.89. The molecule has 2 rings (SSSR count). The summed E-state index contributed by atoms with van der Waals surface area (Å²) in [5, 5.41) is 4.75. The van der Waals surface area contributed by atoms with Crippen LogP contribution >= 0.6 is 23.5 Å². The van der Waals surface area contributed by atoms with E-state index in [4.69, 9.17) is 4.99 Å². The number of aliphatic imine (C=N–C) groups is 1. The molecule has 1 aliphatic carbocycles. The highest BCUT2D eigenvalue weighted by Gasteiger charge is 2.31. The molecule has 0 spiro atoms. The van der Waals surface area contributed by atoms with Gasteiger partial charge in [0.2, 0.25) is 0 Å². The summed E-state index contributed by atoms with van der Waals surface area (Å²) in [4.78, 5) is 4.89. The van der Waals surface area contributed by atoms with E-state index in [9.17, 15) is 0 Å². The first-order valence-electron chi connectivity index (χ1n) is 7.06. The van der Waals surface area contributed by atoms with Crippen molar-refractivity contribution in [2.75, 3.05) is 18.6 Å². The first-order chi connectivity index (χ1) is 8.55. The molecule has 18 heavy (non-hydrogen) atoms. The van der Waals surface area contributed by atoms with E-state index in [1.807, 2.05) is 23.5 Å². The van der Waals surface area contributed by atoms with E-state index in [2.05, 4.69) is 25.4 Å². The minimum Gasteiger partial charge on any atom is -0.360 e. The molecule has 2 aliphatic rings. The summed E-state index contributed by atoms with van der Waals surface area (Å²) in [5.41, 5.74) is 0.225. The zero-order valence-corrected chi connectivity index (χ0v) is 13.6. The molecule has 0 radical (unpaired) electrons. The molecule has 1 N–H and O–H groups in total. The molecule has 1 heterocycles. The highest BCUT2D eigenvalue weighted by molar-refractivity contribution is 8.13. The SMILES string of the molecule is CSC1(CN=C2NC(C)(C)CCS2)CCCCC1. The Balaban J connectivity index is 1.95. The quantitative estimate of drug-likeness (QED) is 0.851. The molecule has 0 bridgehead atoms. The Kier molecular flexibility index (Phi) is 4.92.